The molecule has 17 rings (SSSR count). The highest BCUT2D eigenvalue weighted by Gasteiger charge is 2.30. The van der Waals surface area contributed by atoms with Crippen molar-refractivity contribution in [2.75, 3.05) is 0 Å². The fraction of sp³-hybridized carbons (Fsp3) is 0.0476. The maximum absolute atomic E-state index is 12.5. The number of rotatable bonds is 8. The highest BCUT2D eigenvalue weighted by Crippen LogP contribution is 2.51. The normalized spacial score (nSPS) is 11.8. The summed E-state index contributed by atoms with van der Waals surface area (Å²) in [4.78, 5) is 0. The topological polar surface area (TPSA) is 67.3 Å². The van der Waals surface area contributed by atoms with E-state index >= 15 is 0 Å². The molecule has 0 N–H and O–H groups in total. The van der Waals surface area contributed by atoms with Gasteiger partial charge in [0, 0.05) is 88.1 Å². The molecule has 4 aromatic heterocycles. The summed E-state index contributed by atoms with van der Waals surface area (Å²) >= 11 is 0. The van der Waals surface area contributed by atoms with Gasteiger partial charge in [-0.05, 0) is 169 Å². The Balaban J connectivity index is 0.961. The minimum atomic E-state index is 0.486. The Morgan fingerprint density at radius 3 is 0.544 bits per heavy atom. The molecule has 0 aliphatic rings. The summed E-state index contributed by atoms with van der Waals surface area (Å²) in [6, 6.07) is 101. The van der Waals surface area contributed by atoms with Crippen molar-refractivity contribution < 1.29 is 0 Å². The minimum Gasteiger partial charge on any atom is -0.309 e. The zero-order valence-electron chi connectivity index (χ0n) is 50.1. The highest BCUT2D eigenvalue weighted by molar-refractivity contribution is 6.13. The molecule has 0 saturated carbocycles. The summed E-state index contributed by atoms with van der Waals surface area (Å²) in [6.45, 7) is 8.66. The van der Waals surface area contributed by atoms with Crippen molar-refractivity contribution in [1.82, 2.24) is 18.3 Å². The smallest absolute Gasteiger partial charge is 0.100 e. The molecule has 17 aromatic rings. The largest absolute Gasteiger partial charge is 0.309 e. The van der Waals surface area contributed by atoms with Gasteiger partial charge >= 0.3 is 0 Å². The quantitative estimate of drug-likeness (QED) is 0.152. The Bertz CT molecular complexity index is 5070. The van der Waals surface area contributed by atoms with Gasteiger partial charge in [-0.1, -0.05) is 170 Å². The number of para-hydroxylation sites is 8. The third kappa shape index (κ3) is 7.69. The summed E-state index contributed by atoms with van der Waals surface area (Å²) in [5.74, 6) is 0. The molecule has 6 heteroatoms. The number of hydrogen-bond acceptors (Lipinski definition) is 2. The number of aromatic nitrogens is 4. The average molecular weight is 1150 g/mol. The van der Waals surface area contributed by atoms with Gasteiger partial charge in [0.2, 0.25) is 0 Å². The summed E-state index contributed by atoms with van der Waals surface area (Å²) in [5, 5.41) is 34.4. The van der Waals surface area contributed by atoms with E-state index in [0.717, 1.165) is 111 Å². The van der Waals surface area contributed by atoms with E-state index in [1.165, 1.54) is 43.1 Å². The molecule has 6 nitrogen and oxygen atoms in total. The van der Waals surface area contributed by atoms with Crippen LogP contribution in [0.3, 0.4) is 0 Å². The molecule has 0 fully saturated rings. The predicted molar refractivity (Wildman–Crippen MR) is 374 cm³/mol. The molecule has 0 saturated heterocycles. The first-order valence-electron chi connectivity index (χ1n) is 30.7. The van der Waals surface area contributed by atoms with E-state index in [1.807, 2.05) is 0 Å². The molecule has 422 valence electrons. The highest BCUT2D eigenvalue weighted by atomic mass is 15.0. The maximum atomic E-state index is 12.5. The van der Waals surface area contributed by atoms with Crippen molar-refractivity contribution in [2.45, 2.75) is 27.7 Å². The van der Waals surface area contributed by atoms with E-state index in [-0.39, 0.29) is 0 Å². The van der Waals surface area contributed by atoms with Crippen LogP contribution in [-0.4, -0.2) is 18.3 Å². The van der Waals surface area contributed by atoms with Gasteiger partial charge in [-0.3, -0.25) is 0 Å². The Kier molecular flexibility index (Phi) is 11.8. The van der Waals surface area contributed by atoms with E-state index in [4.69, 9.17) is 0 Å². The number of nitrogens with zero attached hydrogens (tertiary/aromatic N) is 6. The number of aryl methyl sites for hydroxylation is 4. The van der Waals surface area contributed by atoms with Gasteiger partial charge in [0.1, 0.15) is 12.1 Å². The molecule has 90 heavy (non-hydrogen) atoms. The second kappa shape index (κ2) is 20.3. The minimum absolute atomic E-state index is 0.486. The standard InChI is InChI=1S/C84H56N6/c1-51-45-55(37-41-69(51)87-73-29-13-5-21-59(73)60-22-6-14-30-74(60)87)81-67(49-85)83(57-39-43-71(53(3)47-57)89-77-33-17-9-25-63(77)64-26-10-18-34-78(64)89)84(58-40-44-72(54(4)48-58)90-79-35-19-11-27-65(79)66-28-12-20-36-80(66)90)68(50-86)82(81)56-38-42-70(52(2)46-56)88-75-31-15-7-23-61(75)62-24-8-16-32-76(62)88/h5-48H,1-4H3. The average Bonchev–Trinajstić information content (AvgIpc) is 2.24. The molecule has 0 spiro atoms. The van der Waals surface area contributed by atoms with Crippen LogP contribution in [0, 0.1) is 50.4 Å². The van der Waals surface area contributed by atoms with Crippen LogP contribution in [-0.2, 0) is 0 Å². The summed E-state index contributed by atoms with van der Waals surface area (Å²) in [5.41, 5.74) is 24.3. The predicted octanol–water partition coefficient (Wildman–Crippen LogP) is 21.7. The van der Waals surface area contributed by atoms with Gasteiger partial charge in [0.05, 0.1) is 55.3 Å². The Morgan fingerprint density at radius 1 is 0.222 bits per heavy atom. The molecule has 0 radical (unpaired) electrons. The lowest BCUT2D eigenvalue weighted by atomic mass is 9.77. The van der Waals surface area contributed by atoms with Gasteiger partial charge in [-0.15, -0.1) is 0 Å². The summed E-state index contributed by atoms with van der Waals surface area (Å²) in [7, 11) is 0. The summed E-state index contributed by atoms with van der Waals surface area (Å²) < 4.78 is 9.42. The second-order valence-corrected chi connectivity index (χ2v) is 24.0. The maximum Gasteiger partial charge on any atom is 0.100 e. The van der Waals surface area contributed by atoms with Crippen molar-refractivity contribution in [3.63, 3.8) is 0 Å². The van der Waals surface area contributed by atoms with Crippen molar-refractivity contribution in [3.8, 4) is 79.4 Å². The lowest BCUT2D eigenvalue weighted by Gasteiger charge is -2.25. The van der Waals surface area contributed by atoms with Crippen LogP contribution in [0.4, 0.5) is 0 Å². The first kappa shape index (κ1) is 52.4. The first-order valence-corrected chi connectivity index (χ1v) is 30.7. The third-order valence-electron chi connectivity index (χ3n) is 18.9. The van der Waals surface area contributed by atoms with Crippen molar-refractivity contribution >= 4 is 87.2 Å². The van der Waals surface area contributed by atoms with Crippen LogP contribution in [0.15, 0.2) is 267 Å². The molecule has 0 amide bonds. The SMILES string of the molecule is Cc1cc(-c2c(C#N)c(-c3ccc(-n4c5ccccc5c5ccccc54)c(C)c3)c(-c3ccc(-n4c5ccccc5c5ccccc54)c(C)c3)c(C#N)c2-c2ccc(-n3c4ccccc4c4ccccc43)c(C)c2)ccc1-n1c2ccccc2c2ccccc21. The fourth-order valence-corrected chi connectivity index (χ4v) is 15.1. The Labute approximate surface area is 520 Å². The summed E-state index contributed by atoms with van der Waals surface area (Å²) in [6.07, 6.45) is 0. The van der Waals surface area contributed by atoms with E-state index < -0.39 is 0 Å². The molecule has 0 unspecified atom stereocenters. The monoisotopic (exact) mass is 1150 g/mol. The van der Waals surface area contributed by atoms with Crippen LogP contribution in [0.5, 0.6) is 0 Å². The molecule has 0 aliphatic heterocycles. The molecular weight excluding hydrogens is 1090 g/mol. The van der Waals surface area contributed by atoms with Crippen molar-refractivity contribution in [3.05, 3.63) is 300 Å². The van der Waals surface area contributed by atoms with Crippen LogP contribution in [0.25, 0.3) is 154 Å². The third-order valence-corrected chi connectivity index (χ3v) is 18.9. The number of fused-ring (bicyclic) bond motifs is 12. The van der Waals surface area contributed by atoms with Gasteiger partial charge in [0.15, 0.2) is 0 Å². The molecule has 4 heterocycles. The van der Waals surface area contributed by atoms with Crippen LogP contribution < -0.4 is 0 Å². The van der Waals surface area contributed by atoms with E-state index in [1.54, 1.807) is 0 Å². The Morgan fingerprint density at radius 2 is 0.389 bits per heavy atom. The molecule has 0 bridgehead atoms. The van der Waals surface area contributed by atoms with Gasteiger partial charge in [0.25, 0.3) is 0 Å². The lowest BCUT2D eigenvalue weighted by molar-refractivity contribution is 1.15. The van der Waals surface area contributed by atoms with Gasteiger partial charge in [-0.2, -0.15) is 10.5 Å². The lowest BCUT2D eigenvalue weighted by Crippen LogP contribution is -2.05. The zero-order valence-corrected chi connectivity index (χ0v) is 50.1. The fourth-order valence-electron chi connectivity index (χ4n) is 15.1. The van der Waals surface area contributed by atoms with Gasteiger partial charge < -0.3 is 18.3 Å². The van der Waals surface area contributed by atoms with Crippen LogP contribution in [0.2, 0.25) is 0 Å². The van der Waals surface area contributed by atoms with E-state index in [0.29, 0.717) is 33.4 Å². The van der Waals surface area contributed by atoms with Crippen molar-refractivity contribution in [2.24, 2.45) is 0 Å². The Hall–Kier alpha value is -12.0. The second-order valence-electron chi connectivity index (χ2n) is 24.0. The number of benzene rings is 13. The zero-order chi connectivity index (χ0) is 60.5. The van der Waals surface area contributed by atoms with E-state index in [2.05, 4.69) is 325 Å². The number of hydrogen-bond donors (Lipinski definition) is 0. The molecule has 0 aliphatic carbocycles. The first-order chi connectivity index (χ1) is 44.3. The van der Waals surface area contributed by atoms with Crippen LogP contribution in [0.1, 0.15) is 33.4 Å². The van der Waals surface area contributed by atoms with Crippen LogP contribution >= 0.6 is 0 Å². The number of nitriles is 2. The van der Waals surface area contributed by atoms with Crippen molar-refractivity contribution in [1.29, 1.82) is 10.5 Å². The van der Waals surface area contributed by atoms with E-state index in [9.17, 15) is 10.5 Å². The molecule has 13 aromatic carbocycles. The molecular formula is C84H56N6. The van der Waals surface area contributed by atoms with Gasteiger partial charge in [-0.25, -0.2) is 0 Å². The molecule has 0 atom stereocenters.